The summed E-state index contributed by atoms with van der Waals surface area (Å²) >= 11 is 0. The van der Waals surface area contributed by atoms with Crippen molar-refractivity contribution in [1.29, 1.82) is 0 Å². The van der Waals surface area contributed by atoms with E-state index in [4.69, 9.17) is 10.8 Å². The molecular weight excluding hydrogens is 208 g/mol. The third-order valence-corrected chi connectivity index (χ3v) is 2.67. The number of carboxylic acid groups (broad SMARTS) is 1. The summed E-state index contributed by atoms with van der Waals surface area (Å²) in [6.07, 6.45) is 2.61. The Morgan fingerprint density at radius 2 is 2.06 bits per heavy atom. The monoisotopic (exact) mass is 228 g/mol. The number of carbonyl (C=O) groups excluding carboxylic acids is 1. The summed E-state index contributed by atoms with van der Waals surface area (Å²) in [7, 11) is 0. The molecule has 0 aromatic carbocycles. The number of nitrogens with one attached hydrogen (secondary N) is 1. The lowest BCUT2D eigenvalue weighted by atomic mass is 10.00. The molecule has 1 atom stereocenters. The van der Waals surface area contributed by atoms with Gasteiger partial charge in [0.2, 0.25) is 5.91 Å². The molecule has 1 rings (SSSR count). The molecule has 4 N–H and O–H groups in total. The minimum absolute atomic E-state index is 0.118. The van der Waals surface area contributed by atoms with Crippen LogP contribution in [0.25, 0.3) is 0 Å². The number of aliphatic carboxylic acids is 1. The predicted molar refractivity (Wildman–Crippen MR) is 59.8 cm³/mol. The summed E-state index contributed by atoms with van der Waals surface area (Å²) in [5.41, 5.74) is 5.36. The van der Waals surface area contributed by atoms with Crippen molar-refractivity contribution < 1.29 is 14.7 Å². The number of carbonyl (C=O) groups is 2. The predicted octanol–water partition coefficient (Wildman–Crippen LogP) is 0.483. The van der Waals surface area contributed by atoms with Gasteiger partial charge in [-0.3, -0.25) is 4.79 Å². The SMILES string of the molecule is CC(C)(N)CCC(=O)NC(C(=O)O)C1CC1. The normalized spacial score (nSPS) is 17.9. The molecular formula is C11H20N2O3. The minimum atomic E-state index is -0.942. The summed E-state index contributed by atoms with van der Waals surface area (Å²) < 4.78 is 0. The molecule has 1 saturated carbocycles. The van der Waals surface area contributed by atoms with E-state index >= 15 is 0 Å². The molecule has 0 saturated heterocycles. The number of hydrogen-bond acceptors (Lipinski definition) is 3. The lowest BCUT2D eigenvalue weighted by Crippen LogP contribution is -2.43. The van der Waals surface area contributed by atoms with E-state index in [0.717, 1.165) is 12.8 Å². The van der Waals surface area contributed by atoms with Crippen molar-refractivity contribution in [2.75, 3.05) is 0 Å². The topological polar surface area (TPSA) is 92.4 Å². The molecule has 0 bridgehead atoms. The van der Waals surface area contributed by atoms with Crippen molar-refractivity contribution in [3.05, 3.63) is 0 Å². The van der Waals surface area contributed by atoms with Crippen LogP contribution in [0.4, 0.5) is 0 Å². The number of hydrogen-bond donors (Lipinski definition) is 3. The maximum absolute atomic E-state index is 11.5. The molecule has 0 spiro atoms. The van der Waals surface area contributed by atoms with Crippen molar-refractivity contribution in [1.82, 2.24) is 5.32 Å². The molecule has 0 aromatic heterocycles. The summed E-state index contributed by atoms with van der Waals surface area (Å²) in [5, 5.41) is 11.5. The van der Waals surface area contributed by atoms with E-state index in [9.17, 15) is 9.59 Å². The minimum Gasteiger partial charge on any atom is -0.480 e. The zero-order chi connectivity index (χ0) is 12.3. The van der Waals surface area contributed by atoms with Crippen molar-refractivity contribution >= 4 is 11.9 Å². The van der Waals surface area contributed by atoms with Crippen molar-refractivity contribution in [3.8, 4) is 0 Å². The van der Waals surface area contributed by atoms with E-state index in [2.05, 4.69) is 5.32 Å². The molecule has 16 heavy (non-hydrogen) atoms. The Hall–Kier alpha value is -1.10. The summed E-state index contributed by atoms with van der Waals surface area (Å²) in [4.78, 5) is 22.4. The van der Waals surface area contributed by atoms with Crippen molar-refractivity contribution in [2.24, 2.45) is 11.7 Å². The van der Waals surface area contributed by atoms with Crippen LogP contribution in [0, 0.1) is 5.92 Å². The van der Waals surface area contributed by atoms with Gasteiger partial charge in [-0.15, -0.1) is 0 Å². The van der Waals surface area contributed by atoms with Crippen LogP contribution in [0.5, 0.6) is 0 Å². The molecule has 0 aromatic rings. The third kappa shape index (κ3) is 4.61. The molecule has 0 aliphatic heterocycles. The number of nitrogens with two attached hydrogens (primary N) is 1. The van der Waals surface area contributed by atoms with Gasteiger partial charge in [0.15, 0.2) is 0 Å². The number of rotatable bonds is 6. The number of amides is 1. The Balaban J connectivity index is 2.34. The van der Waals surface area contributed by atoms with Gasteiger partial charge in [0.1, 0.15) is 6.04 Å². The van der Waals surface area contributed by atoms with Crippen LogP contribution in [0.1, 0.15) is 39.5 Å². The lowest BCUT2D eigenvalue weighted by Gasteiger charge is -2.19. The Kier molecular flexibility index (Phi) is 3.91. The van der Waals surface area contributed by atoms with Gasteiger partial charge in [-0.05, 0) is 39.0 Å². The second kappa shape index (κ2) is 4.82. The van der Waals surface area contributed by atoms with Crippen LogP contribution >= 0.6 is 0 Å². The highest BCUT2D eigenvalue weighted by Crippen LogP contribution is 2.32. The molecule has 5 nitrogen and oxygen atoms in total. The average molecular weight is 228 g/mol. The van der Waals surface area contributed by atoms with E-state index in [1.807, 2.05) is 13.8 Å². The van der Waals surface area contributed by atoms with E-state index in [1.54, 1.807) is 0 Å². The van der Waals surface area contributed by atoms with Crippen LogP contribution in [0.2, 0.25) is 0 Å². The van der Waals surface area contributed by atoms with E-state index < -0.39 is 17.6 Å². The van der Waals surface area contributed by atoms with Gasteiger partial charge in [0.05, 0.1) is 0 Å². The van der Waals surface area contributed by atoms with Crippen LogP contribution in [-0.4, -0.2) is 28.6 Å². The molecule has 1 aliphatic carbocycles. The Labute approximate surface area is 95.4 Å². The highest BCUT2D eigenvalue weighted by molar-refractivity contribution is 5.84. The van der Waals surface area contributed by atoms with Crippen LogP contribution in [0.3, 0.4) is 0 Å². The maximum Gasteiger partial charge on any atom is 0.326 e. The van der Waals surface area contributed by atoms with Gasteiger partial charge in [-0.1, -0.05) is 0 Å². The van der Waals surface area contributed by atoms with E-state index in [-0.39, 0.29) is 18.2 Å². The van der Waals surface area contributed by atoms with Crippen molar-refractivity contribution in [2.45, 2.75) is 51.1 Å². The molecule has 1 aliphatic rings. The first-order valence-corrected chi connectivity index (χ1v) is 5.60. The standard InChI is InChI=1S/C11H20N2O3/c1-11(2,12)6-5-8(14)13-9(10(15)16)7-3-4-7/h7,9H,3-6,12H2,1-2H3,(H,13,14)(H,15,16). The molecule has 1 unspecified atom stereocenters. The van der Waals surface area contributed by atoms with Crippen molar-refractivity contribution in [3.63, 3.8) is 0 Å². The average Bonchev–Trinajstić information content (AvgIpc) is 2.92. The smallest absolute Gasteiger partial charge is 0.326 e. The summed E-state index contributed by atoms with van der Waals surface area (Å²) in [6, 6.07) is -0.714. The lowest BCUT2D eigenvalue weighted by molar-refractivity contribution is -0.142. The quantitative estimate of drug-likeness (QED) is 0.616. The van der Waals surface area contributed by atoms with Gasteiger partial charge < -0.3 is 16.2 Å². The molecule has 1 fully saturated rings. The summed E-state index contributed by atoms with van der Waals surface area (Å²) in [6.45, 7) is 3.69. The molecule has 1 amide bonds. The fraction of sp³-hybridized carbons (Fsp3) is 0.818. The first-order valence-electron chi connectivity index (χ1n) is 5.60. The summed E-state index contributed by atoms with van der Waals surface area (Å²) in [5.74, 6) is -1.05. The van der Waals surface area contributed by atoms with Crippen LogP contribution in [0.15, 0.2) is 0 Å². The maximum atomic E-state index is 11.5. The fourth-order valence-corrected chi connectivity index (χ4v) is 1.49. The van der Waals surface area contributed by atoms with Gasteiger partial charge in [0.25, 0.3) is 0 Å². The molecule has 0 radical (unpaired) electrons. The third-order valence-electron chi connectivity index (χ3n) is 2.67. The molecule has 5 heteroatoms. The van der Waals surface area contributed by atoms with Gasteiger partial charge >= 0.3 is 5.97 Å². The Morgan fingerprint density at radius 1 is 1.50 bits per heavy atom. The second-order valence-corrected chi connectivity index (χ2v) is 5.21. The zero-order valence-electron chi connectivity index (χ0n) is 9.82. The van der Waals surface area contributed by atoms with Gasteiger partial charge in [-0.25, -0.2) is 4.79 Å². The van der Waals surface area contributed by atoms with E-state index in [0.29, 0.717) is 6.42 Å². The zero-order valence-corrected chi connectivity index (χ0v) is 9.82. The first kappa shape index (κ1) is 13.0. The Bertz CT molecular complexity index is 279. The highest BCUT2D eigenvalue weighted by Gasteiger charge is 2.37. The fourth-order valence-electron chi connectivity index (χ4n) is 1.49. The second-order valence-electron chi connectivity index (χ2n) is 5.21. The van der Waals surface area contributed by atoms with Gasteiger partial charge in [-0.2, -0.15) is 0 Å². The van der Waals surface area contributed by atoms with E-state index in [1.165, 1.54) is 0 Å². The van der Waals surface area contributed by atoms with Crippen LogP contribution < -0.4 is 11.1 Å². The largest absolute Gasteiger partial charge is 0.480 e. The molecule has 92 valence electrons. The van der Waals surface area contributed by atoms with Crippen LogP contribution in [-0.2, 0) is 9.59 Å². The Morgan fingerprint density at radius 3 is 2.44 bits per heavy atom. The van der Waals surface area contributed by atoms with Gasteiger partial charge in [0, 0.05) is 12.0 Å². The highest BCUT2D eigenvalue weighted by atomic mass is 16.4. The first-order chi connectivity index (χ1) is 7.29. The molecule has 0 heterocycles. The number of carboxylic acids is 1.